The Morgan fingerprint density at radius 1 is 1.06 bits per heavy atom. The lowest BCUT2D eigenvalue weighted by molar-refractivity contribution is 0.411. The Morgan fingerprint density at radius 2 is 1.76 bits per heavy atom. The summed E-state index contributed by atoms with van der Waals surface area (Å²) in [6.45, 7) is 8.30. The Kier molecular flexibility index (Phi) is 2.92. The van der Waals surface area contributed by atoms with Gasteiger partial charge < -0.3 is 4.74 Å². The van der Waals surface area contributed by atoms with E-state index in [4.69, 9.17) is 4.74 Å². The number of benzene rings is 1. The van der Waals surface area contributed by atoms with E-state index in [9.17, 15) is 0 Å². The van der Waals surface area contributed by atoms with E-state index in [2.05, 4.69) is 43.1 Å². The average Bonchev–Trinajstić information content (AvgIpc) is 2.70. The van der Waals surface area contributed by atoms with Gasteiger partial charge in [0.1, 0.15) is 5.75 Å². The van der Waals surface area contributed by atoms with Gasteiger partial charge in [-0.05, 0) is 56.5 Å². The molecule has 0 unspecified atom stereocenters. The van der Waals surface area contributed by atoms with E-state index in [1.54, 1.807) is 7.11 Å². The standard InChI is InChI=1S/C14H18N2O/c1-8-6-13(17-5)10(3)11(4)14(8)12-7-9(2)15-16-12/h6-7H,1-5H3,(H,15,16). The van der Waals surface area contributed by atoms with Gasteiger partial charge in [-0.25, -0.2) is 0 Å². The third kappa shape index (κ3) is 1.93. The molecule has 2 aromatic rings. The van der Waals surface area contributed by atoms with Crippen molar-refractivity contribution in [3.63, 3.8) is 0 Å². The maximum absolute atomic E-state index is 5.37. The third-order valence-corrected chi connectivity index (χ3v) is 3.23. The van der Waals surface area contributed by atoms with E-state index >= 15 is 0 Å². The molecule has 0 radical (unpaired) electrons. The van der Waals surface area contributed by atoms with Crippen LogP contribution in [0.25, 0.3) is 11.3 Å². The molecule has 3 heteroatoms. The largest absolute Gasteiger partial charge is 0.496 e. The molecule has 0 aliphatic heterocycles. The Morgan fingerprint density at radius 3 is 2.29 bits per heavy atom. The molecule has 1 N–H and O–H groups in total. The highest BCUT2D eigenvalue weighted by Gasteiger charge is 2.14. The number of nitrogens with zero attached hydrogens (tertiary/aromatic N) is 1. The number of hydrogen-bond acceptors (Lipinski definition) is 2. The molecule has 0 bridgehead atoms. The van der Waals surface area contributed by atoms with Crippen molar-refractivity contribution in [3.05, 3.63) is 34.5 Å². The molecule has 0 aliphatic rings. The summed E-state index contributed by atoms with van der Waals surface area (Å²) in [5.41, 5.74) is 6.88. The first-order valence-corrected chi connectivity index (χ1v) is 5.71. The first-order valence-electron chi connectivity index (χ1n) is 5.71. The number of aromatic nitrogens is 2. The number of rotatable bonds is 2. The van der Waals surface area contributed by atoms with Crippen LogP contribution in [0, 0.1) is 27.7 Å². The van der Waals surface area contributed by atoms with Crippen LogP contribution in [0.5, 0.6) is 5.75 Å². The highest BCUT2D eigenvalue weighted by molar-refractivity contribution is 5.71. The minimum absolute atomic E-state index is 0.941. The lowest BCUT2D eigenvalue weighted by Gasteiger charge is -2.14. The van der Waals surface area contributed by atoms with Crippen LogP contribution in [0.15, 0.2) is 12.1 Å². The first-order chi connectivity index (χ1) is 8.04. The summed E-state index contributed by atoms with van der Waals surface area (Å²) in [5, 5.41) is 7.33. The predicted octanol–water partition coefficient (Wildman–Crippen LogP) is 3.32. The molecule has 0 saturated carbocycles. The molecule has 90 valence electrons. The lowest BCUT2D eigenvalue weighted by atomic mass is 9.95. The molecule has 0 spiro atoms. The van der Waals surface area contributed by atoms with Gasteiger partial charge in [0, 0.05) is 11.3 Å². The third-order valence-electron chi connectivity index (χ3n) is 3.23. The zero-order chi connectivity index (χ0) is 12.6. The van der Waals surface area contributed by atoms with Crippen molar-refractivity contribution < 1.29 is 4.74 Å². The Hall–Kier alpha value is -1.77. The van der Waals surface area contributed by atoms with Crippen molar-refractivity contribution in [1.29, 1.82) is 0 Å². The van der Waals surface area contributed by atoms with Crippen LogP contribution in [-0.4, -0.2) is 17.3 Å². The van der Waals surface area contributed by atoms with Crippen LogP contribution in [0.2, 0.25) is 0 Å². The second-order valence-corrected chi connectivity index (χ2v) is 4.46. The van der Waals surface area contributed by atoms with Crippen molar-refractivity contribution in [2.24, 2.45) is 0 Å². The fourth-order valence-electron chi connectivity index (χ4n) is 2.20. The second-order valence-electron chi connectivity index (χ2n) is 4.46. The lowest BCUT2D eigenvalue weighted by Crippen LogP contribution is -1.96. The van der Waals surface area contributed by atoms with Gasteiger partial charge in [-0.3, -0.25) is 5.10 Å². The number of aromatic amines is 1. The van der Waals surface area contributed by atoms with Crippen molar-refractivity contribution in [3.8, 4) is 17.0 Å². The molecule has 1 heterocycles. The Bertz CT molecular complexity index is 556. The number of H-pyrrole nitrogens is 1. The highest BCUT2D eigenvalue weighted by atomic mass is 16.5. The van der Waals surface area contributed by atoms with E-state index in [0.717, 1.165) is 17.1 Å². The summed E-state index contributed by atoms with van der Waals surface area (Å²) in [5.74, 6) is 0.941. The predicted molar refractivity (Wildman–Crippen MR) is 69.5 cm³/mol. The summed E-state index contributed by atoms with van der Waals surface area (Å²) >= 11 is 0. The molecule has 0 atom stereocenters. The molecule has 0 fully saturated rings. The zero-order valence-electron chi connectivity index (χ0n) is 11.0. The van der Waals surface area contributed by atoms with E-state index in [-0.39, 0.29) is 0 Å². The van der Waals surface area contributed by atoms with E-state index < -0.39 is 0 Å². The van der Waals surface area contributed by atoms with Crippen LogP contribution >= 0.6 is 0 Å². The number of nitrogens with one attached hydrogen (secondary N) is 1. The van der Waals surface area contributed by atoms with Gasteiger partial charge in [0.15, 0.2) is 0 Å². The van der Waals surface area contributed by atoms with Crippen LogP contribution in [-0.2, 0) is 0 Å². The van der Waals surface area contributed by atoms with Gasteiger partial charge in [0.05, 0.1) is 12.8 Å². The van der Waals surface area contributed by atoms with Gasteiger partial charge >= 0.3 is 0 Å². The monoisotopic (exact) mass is 230 g/mol. The summed E-state index contributed by atoms with van der Waals surface area (Å²) in [6, 6.07) is 4.14. The van der Waals surface area contributed by atoms with Crippen molar-refractivity contribution >= 4 is 0 Å². The fraction of sp³-hybridized carbons (Fsp3) is 0.357. The topological polar surface area (TPSA) is 37.9 Å². The maximum atomic E-state index is 5.37. The molecular weight excluding hydrogens is 212 g/mol. The summed E-state index contributed by atoms with van der Waals surface area (Å²) in [6.07, 6.45) is 0. The van der Waals surface area contributed by atoms with Gasteiger partial charge in [0.25, 0.3) is 0 Å². The molecule has 17 heavy (non-hydrogen) atoms. The summed E-state index contributed by atoms with van der Waals surface area (Å²) in [4.78, 5) is 0. The zero-order valence-corrected chi connectivity index (χ0v) is 11.0. The molecule has 3 nitrogen and oxygen atoms in total. The Balaban J connectivity index is 2.66. The van der Waals surface area contributed by atoms with Crippen LogP contribution in [0.1, 0.15) is 22.4 Å². The first kappa shape index (κ1) is 11.7. The van der Waals surface area contributed by atoms with Crippen LogP contribution in [0.4, 0.5) is 0 Å². The number of aryl methyl sites for hydroxylation is 2. The molecule has 1 aromatic carbocycles. The number of hydrogen-bond donors (Lipinski definition) is 1. The maximum Gasteiger partial charge on any atom is 0.122 e. The van der Waals surface area contributed by atoms with Gasteiger partial charge in [-0.1, -0.05) is 0 Å². The molecule has 1 aromatic heterocycles. The molecule has 0 amide bonds. The van der Waals surface area contributed by atoms with Crippen molar-refractivity contribution in [2.45, 2.75) is 27.7 Å². The SMILES string of the molecule is COc1cc(C)c(-c2cc(C)[nH]n2)c(C)c1C. The molecule has 0 aliphatic carbocycles. The van der Waals surface area contributed by atoms with Crippen LogP contribution in [0.3, 0.4) is 0 Å². The Labute approximate surface area is 102 Å². The smallest absolute Gasteiger partial charge is 0.122 e. The van der Waals surface area contributed by atoms with Crippen molar-refractivity contribution in [2.75, 3.05) is 7.11 Å². The van der Waals surface area contributed by atoms with Gasteiger partial charge in [-0.15, -0.1) is 0 Å². The molecule has 0 saturated heterocycles. The average molecular weight is 230 g/mol. The summed E-state index contributed by atoms with van der Waals surface area (Å²) in [7, 11) is 1.71. The van der Waals surface area contributed by atoms with E-state index in [0.29, 0.717) is 0 Å². The number of ether oxygens (including phenoxy) is 1. The van der Waals surface area contributed by atoms with E-state index in [1.165, 1.54) is 22.3 Å². The second kappa shape index (κ2) is 4.24. The quantitative estimate of drug-likeness (QED) is 0.859. The van der Waals surface area contributed by atoms with Crippen LogP contribution < -0.4 is 4.74 Å². The van der Waals surface area contributed by atoms with E-state index in [1.807, 2.05) is 6.92 Å². The molecular formula is C14H18N2O. The van der Waals surface area contributed by atoms with Gasteiger partial charge in [0.2, 0.25) is 0 Å². The normalized spacial score (nSPS) is 10.6. The number of methoxy groups -OCH3 is 1. The van der Waals surface area contributed by atoms with Gasteiger partial charge in [-0.2, -0.15) is 5.10 Å². The minimum Gasteiger partial charge on any atom is -0.496 e. The highest BCUT2D eigenvalue weighted by Crippen LogP contribution is 2.33. The minimum atomic E-state index is 0.941. The summed E-state index contributed by atoms with van der Waals surface area (Å²) < 4.78 is 5.37. The molecule has 2 rings (SSSR count). The van der Waals surface area contributed by atoms with Crippen molar-refractivity contribution in [1.82, 2.24) is 10.2 Å². The fourth-order valence-corrected chi connectivity index (χ4v) is 2.20.